The van der Waals surface area contributed by atoms with E-state index < -0.39 is 5.97 Å². The van der Waals surface area contributed by atoms with Gasteiger partial charge >= 0.3 is 5.97 Å². The van der Waals surface area contributed by atoms with Gasteiger partial charge in [-0.15, -0.1) is 11.3 Å². The van der Waals surface area contributed by atoms with Crippen molar-refractivity contribution in [1.29, 1.82) is 0 Å². The zero-order valence-corrected chi connectivity index (χ0v) is 18.5. The first-order valence-electron chi connectivity index (χ1n) is 9.85. The summed E-state index contributed by atoms with van der Waals surface area (Å²) < 4.78 is 4.82. The Labute approximate surface area is 179 Å². The van der Waals surface area contributed by atoms with Gasteiger partial charge in [-0.2, -0.15) is 0 Å². The topological polar surface area (TPSA) is 95.5 Å². The van der Waals surface area contributed by atoms with Crippen molar-refractivity contribution in [3.8, 4) is 0 Å². The largest absolute Gasteiger partial charge is 0.465 e. The Hall–Kier alpha value is -2.55. The van der Waals surface area contributed by atoms with Crippen molar-refractivity contribution in [3.05, 3.63) is 62.5 Å². The molecule has 1 unspecified atom stereocenters. The van der Waals surface area contributed by atoms with Crippen molar-refractivity contribution in [2.24, 2.45) is 5.92 Å². The minimum absolute atomic E-state index is 0.00156. The van der Waals surface area contributed by atoms with Crippen LogP contribution >= 0.6 is 11.3 Å². The number of esters is 1. The normalized spacial score (nSPS) is 12.6. The highest BCUT2D eigenvalue weighted by atomic mass is 32.1. The molecule has 0 saturated carbocycles. The number of aromatic amines is 1. The average molecular weight is 430 g/mol. The van der Waals surface area contributed by atoms with E-state index in [2.05, 4.69) is 28.7 Å². The Kier molecular flexibility index (Phi) is 7.02. The molecule has 0 spiro atoms. The summed E-state index contributed by atoms with van der Waals surface area (Å²) in [5.41, 5.74) is 1.42. The number of hydrogen-bond donors (Lipinski definition) is 2. The predicted molar refractivity (Wildman–Crippen MR) is 118 cm³/mol. The van der Waals surface area contributed by atoms with Gasteiger partial charge in [-0.05, 0) is 24.0 Å². The van der Waals surface area contributed by atoms with Gasteiger partial charge < -0.3 is 14.8 Å². The minimum atomic E-state index is -0.470. The number of hydrogen-bond acceptors (Lipinski definition) is 7. The maximum atomic E-state index is 12.7. The molecule has 2 heterocycles. The van der Waals surface area contributed by atoms with Crippen molar-refractivity contribution >= 4 is 27.5 Å². The molecular weight excluding hydrogens is 402 g/mol. The molecule has 2 N–H and O–H groups in total. The van der Waals surface area contributed by atoms with E-state index in [0.29, 0.717) is 39.6 Å². The third-order valence-corrected chi connectivity index (χ3v) is 6.39. The van der Waals surface area contributed by atoms with Crippen LogP contribution in [0.2, 0.25) is 0 Å². The number of H-pyrrole nitrogens is 1. The third kappa shape index (κ3) is 4.61. The molecule has 0 saturated heterocycles. The smallest absolute Gasteiger partial charge is 0.348 e. The van der Waals surface area contributed by atoms with Gasteiger partial charge in [0.1, 0.15) is 15.5 Å². The highest BCUT2D eigenvalue weighted by Gasteiger charge is 2.24. The van der Waals surface area contributed by atoms with Crippen molar-refractivity contribution in [3.63, 3.8) is 0 Å². The Balaban J connectivity index is 1.99. The Morgan fingerprint density at radius 1 is 1.27 bits per heavy atom. The number of carbonyl (C=O) groups excluding carboxylic acids is 1. The van der Waals surface area contributed by atoms with Gasteiger partial charge in [-0.3, -0.25) is 9.69 Å². The van der Waals surface area contributed by atoms with E-state index in [4.69, 9.17) is 4.74 Å². The first-order chi connectivity index (χ1) is 14.3. The number of benzene rings is 1. The molecule has 1 atom stereocenters. The van der Waals surface area contributed by atoms with Gasteiger partial charge in [0.2, 0.25) is 0 Å². The minimum Gasteiger partial charge on any atom is -0.465 e. The third-order valence-electron chi connectivity index (χ3n) is 5.23. The molecule has 0 fully saturated rings. The van der Waals surface area contributed by atoms with Gasteiger partial charge in [0, 0.05) is 12.6 Å². The zero-order valence-electron chi connectivity index (χ0n) is 17.6. The van der Waals surface area contributed by atoms with Crippen LogP contribution in [0.1, 0.15) is 40.5 Å². The van der Waals surface area contributed by atoms with E-state index in [0.717, 1.165) is 16.9 Å². The van der Waals surface area contributed by atoms with E-state index in [9.17, 15) is 14.7 Å². The quantitative estimate of drug-likeness (QED) is 0.534. The fourth-order valence-electron chi connectivity index (χ4n) is 3.60. The lowest BCUT2D eigenvalue weighted by molar-refractivity contribution is 0.0605. The van der Waals surface area contributed by atoms with E-state index in [-0.39, 0.29) is 24.1 Å². The maximum absolute atomic E-state index is 12.7. The standard InChI is InChI=1S/C22H27N3O4S/c1-13(2)16(12-26)25(10-15-8-6-5-7-9-15)11-17-23-20(27)18-14(3)19(22(28)29-4)30-21(18)24-17/h5-9,13,16,26H,10-12H2,1-4H3,(H,23,24,27). The number of nitrogens with zero attached hydrogens (tertiary/aromatic N) is 2. The summed E-state index contributed by atoms with van der Waals surface area (Å²) in [6.07, 6.45) is 0. The van der Waals surface area contributed by atoms with Gasteiger partial charge in [-0.1, -0.05) is 44.2 Å². The molecule has 2 aromatic heterocycles. The fourth-order valence-corrected chi connectivity index (χ4v) is 4.72. The molecule has 0 bridgehead atoms. The first kappa shape index (κ1) is 22.1. The Bertz CT molecular complexity index is 1080. The summed E-state index contributed by atoms with van der Waals surface area (Å²) in [6, 6.07) is 9.89. The Morgan fingerprint density at radius 3 is 2.57 bits per heavy atom. The predicted octanol–water partition coefficient (Wildman–Crippen LogP) is 3.10. The summed E-state index contributed by atoms with van der Waals surface area (Å²) in [4.78, 5) is 35.2. The molecule has 0 amide bonds. The molecule has 3 aromatic rings. The molecule has 8 heteroatoms. The average Bonchev–Trinajstić information content (AvgIpc) is 3.05. The van der Waals surface area contributed by atoms with E-state index in [1.807, 2.05) is 30.3 Å². The number of aryl methyl sites for hydroxylation is 1. The molecule has 3 rings (SSSR count). The van der Waals surface area contributed by atoms with Crippen molar-refractivity contribution < 1.29 is 14.6 Å². The summed E-state index contributed by atoms with van der Waals surface area (Å²) in [5.74, 6) is 0.242. The molecule has 7 nitrogen and oxygen atoms in total. The second-order valence-electron chi connectivity index (χ2n) is 7.63. The number of methoxy groups -OCH3 is 1. The van der Waals surface area contributed by atoms with Gasteiger partial charge in [-0.25, -0.2) is 9.78 Å². The van der Waals surface area contributed by atoms with Crippen LogP contribution in [0.15, 0.2) is 35.1 Å². The lowest BCUT2D eigenvalue weighted by Gasteiger charge is -2.32. The molecule has 30 heavy (non-hydrogen) atoms. The summed E-state index contributed by atoms with van der Waals surface area (Å²) in [7, 11) is 1.32. The number of nitrogens with one attached hydrogen (secondary N) is 1. The highest BCUT2D eigenvalue weighted by molar-refractivity contribution is 7.20. The Morgan fingerprint density at radius 2 is 1.97 bits per heavy atom. The van der Waals surface area contributed by atoms with Gasteiger partial charge in [0.25, 0.3) is 5.56 Å². The van der Waals surface area contributed by atoms with Crippen LogP contribution in [0.5, 0.6) is 0 Å². The van der Waals surface area contributed by atoms with Crippen LogP contribution in [0.3, 0.4) is 0 Å². The number of aromatic nitrogens is 2. The number of thiophene rings is 1. The van der Waals surface area contributed by atoms with Crippen LogP contribution < -0.4 is 5.56 Å². The van der Waals surface area contributed by atoms with Gasteiger partial charge in [0.05, 0.1) is 25.6 Å². The summed E-state index contributed by atoms with van der Waals surface area (Å²) >= 11 is 1.16. The number of fused-ring (bicyclic) bond motifs is 1. The van der Waals surface area contributed by atoms with Gasteiger partial charge in [0.15, 0.2) is 0 Å². The molecule has 160 valence electrons. The molecule has 0 aliphatic heterocycles. The van der Waals surface area contributed by atoms with Crippen LogP contribution in [0.25, 0.3) is 10.2 Å². The van der Waals surface area contributed by atoms with Crippen LogP contribution in [0.4, 0.5) is 0 Å². The molecule has 0 aliphatic carbocycles. The lowest BCUT2D eigenvalue weighted by atomic mass is 10.0. The van der Waals surface area contributed by atoms with E-state index in [1.54, 1.807) is 6.92 Å². The van der Waals surface area contributed by atoms with Crippen molar-refractivity contribution in [2.75, 3.05) is 13.7 Å². The van der Waals surface area contributed by atoms with Crippen LogP contribution in [-0.2, 0) is 17.8 Å². The van der Waals surface area contributed by atoms with E-state index >= 15 is 0 Å². The number of ether oxygens (including phenoxy) is 1. The van der Waals surface area contributed by atoms with Crippen LogP contribution in [0, 0.1) is 12.8 Å². The second-order valence-corrected chi connectivity index (χ2v) is 8.62. The fraction of sp³-hybridized carbons (Fsp3) is 0.409. The molecule has 1 aromatic carbocycles. The zero-order chi connectivity index (χ0) is 21.8. The number of aliphatic hydroxyl groups excluding tert-OH is 1. The second kappa shape index (κ2) is 9.51. The number of aliphatic hydroxyl groups is 1. The SMILES string of the molecule is COC(=O)c1sc2nc(CN(Cc3ccccc3)C(CO)C(C)C)[nH]c(=O)c2c1C. The van der Waals surface area contributed by atoms with Crippen LogP contribution in [-0.4, -0.2) is 45.7 Å². The summed E-state index contributed by atoms with van der Waals surface area (Å²) in [5, 5.41) is 10.4. The van der Waals surface area contributed by atoms with E-state index in [1.165, 1.54) is 7.11 Å². The maximum Gasteiger partial charge on any atom is 0.348 e. The highest BCUT2D eigenvalue weighted by Crippen LogP contribution is 2.28. The molecule has 0 aliphatic rings. The first-order valence-corrected chi connectivity index (χ1v) is 10.7. The number of carbonyl (C=O) groups is 1. The summed E-state index contributed by atoms with van der Waals surface area (Å²) in [6.45, 7) is 6.83. The molecule has 0 radical (unpaired) electrons. The van der Waals surface area contributed by atoms with Crippen molar-refractivity contribution in [1.82, 2.24) is 14.9 Å². The molecular formula is C22H27N3O4S. The monoisotopic (exact) mass is 429 g/mol. The lowest BCUT2D eigenvalue weighted by Crippen LogP contribution is -2.41. The number of rotatable bonds is 8. The van der Waals surface area contributed by atoms with Crippen molar-refractivity contribution in [2.45, 2.75) is 39.9 Å².